The summed E-state index contributed by atoms with van der Waals surface area (Å²) in [5.41, 5.74) is 1.54. The van der Waals surface area contributed by atoms with E-state index < -0.39 is 5.97 Å². The minimum atomic E-state index is -0.405. The van der Waals surface area contributed by atoms with E-state index in [0.29, 0.717) is 40.9 Å². The Bertz CT molecular complexity index is 1080. The number of nitrogens with zero attached hydrogens (tertiary/aromatic N) is 3. The molecule has 0 aliphatic heterocycles. The summed E-state index contributed by atoms with van der Waals surface area (Å²) in [4.78, 5) is 24.1. The zero-order chi connectivity index (χ0) is 22.2. The number of allylic oxidation sites excluding steroid dienone is 1. The number of carbonyl (C=O) groups excluding carboxylic acids is 2. The molecule has 3 aromatic rings. The van der Waals surface area contributed by atoms with Crippen LogP contribution in [-0.4, -0.2) is 44.1 Å². The molecule has 0 radical (unpaired) electrons. The third kappa shape index (κ3) is 5.52. The van der Waals surface area contributed by atoms with E-state index >= 15 is 0 Å². The first-order valence-corrected chi connectivity index (χ1v) is 10.5. The average molecular weight is 439 g/mol. The molecule has 0 saturated carbocycles. The van der Waals surface area contributed by atoms with Crippen LogP contribution in [0.2, 0.25) is 0 Å². The number of aromatic nitrogens is 3. The van der Waals surface area contributed by atoms with E-state index in [4.69, 9.17) is 4.74 Å². The van der Waals surface area contributed by atoms with Gasteiger partial charge in [0.25, 0.3) is 0 Å². The standard InChI is InChI=1S/C22H22N4O4S/c1-3-13-26-20(17-7-5-6-8-18(17)27)24-25-22(26)31-14-19(28)23-16-11-9-15(10-12-16)21(29)30-4-2/h3,5-12,27H,1,4,13-14H2,2H3,(H,23,28). The summed E-state index contributed by atoms with van der Waals surface area (Å²) in [5, 5.41) is 21.8. The number of hydrogen-bond donors (Lipinski definition) is 2. The van der Waals surface area contributed by atoms with Gasteiger partial charge in [-0.05, 0) is 43.3 Å². The quantitative estimate of drug-likeness (QED) is 0.298. The van der Waals surface area contributed by atoms with Gasteiger partial charge in [-0.15, -0.1) is 16.8 Å². The smallest absolute Gasteiger partial charge is 0.338 e. The van der Waals surface area contributed by atoms with Gasteiger partial charge in [0.2, 0.25) is 5.91 Å². The van der Waals surface area contributed by atoms with Gasteiger partial charge in [-0.2, -0.15) is 0 Å². The van der Waals surface area contributed by atoms with Gasteiger partial charge in [0.1, 0.15) is 5.75 Å². The molecule has 0 unspecified atom stereocenters. The second-order valence-electron chi connectivity index (χ2n) is 6.36. The third-order valence-corrected chi connectivity index (χ3v) is 5.15. The van der Waals surface area contributed by atoms with Crippen molar-refractivity contribution >= 4 is 29.3 Å². The highest BCUT2D eigenvalue weighted by molar-refractivity contribution is 7.99. The summed E-state index contributed by atoms with van der Waals surface area (Å²) in [6.45, 7) is 6.23. The molecule has 1 amide bonds. The summed E-state index contributed by atoms with van der Waals surface area (Å²) < 4.78 is 6.73. The van der Waals surface area contributed by atoms with Crippen LogP contribution in [0.5, 0.6) is 5.75 Å². The largest absolute Gasteiger partial charge is 0.507 e. The fraction of sp³-hybridized carbons (Fsp3) is 0.182. The number of anilines is 1. The molecule has 3 rings (SSSR count). The van der Waals surface area contributed by atoms with Gasteiger partial charge in [-0.1, -0.05) is 30.0 Å². The van der Waals surface area contributed by atoms with E-state index in [1.54, 1.807) is 66.1 Å². The Morgan fingerprint density at radius 1 is 1.19 bits per heavy atom. The molecule has 9 heteroatoms. The van der Waals surface area contributed by atoms with Crippen molar-refractivity contribution in [2.75, 3.05) is 17.7 Å². The lowest BCUT2D eigenvalue weighted by Gasteiger charge is -2.09. The van der Waals surface area contributed by atoms with E-state index in [9.17, 15) is 14.7 Å². The maximum atomic E-state index is 12.4. The normalized spacial score (nSPS) is 10.5. The molecule has 0 atom stereocenters. The number of phenols is 1. The van der Waals surface area contributed by atoms with Crippen molar-refractivity contribution in [1.29, 1.82) is 0 Å². The first-order valence-electron chi connectivity index (χ1n) is 9.55. The Hall–Kier alpha value is -3.59. The molecule has 0 aliphatic rings. The van der Waals surface area contributed by atoms with Crippen LogP contribution in [0.3, 0.4) is 0 Å². The Balaban J connectivity index is 1.66. The van der Waals surface area contributed by atoms with Crippen molar-refractivity contribution in [3.8, 4) is 17.1 Å². The van der Waals surface area contributed by atoms with Crippen molar-refractivity contribution in [1.82, 2.24) is 14.8 Å². The molecule has 0 saturated heterocycles. The summed E-state index contributed by atoms with van der Waals surface area (Å²) in [6.07, 6.45) is 1.70. The Morgan fingerprint density at radius 3 is 2.61 bits per heavy atom. The van der Waals surface area contributed by atoms with Gasteiger partial charge < -0.3 is 15.2 Å². The number of thioether (sulfide) groups is 1. The molecule has 1 aromatic heterocycles. The molecule has 1 heterocycles. The second kappa shape index (κ2) is 10.4. The van der Waals surface area contributed by atoms with Gasteiger partial charge in [0, 0.05) is 12.2 Å². The van der Waals surface area contributed by atoms with Crippen molar-refractivity contribution in [3.63, 3.8) is 0 Å². The molecule has 0 bridgehead atoms. The summed E-state index contributed by atoms with van der Waals surface area (Å²) in [5.74, 6) is 0.0653. The Labute approximate surface area is 184 Å². The van der Waals surface area contributed by atoms with Gasteiger partial charge in [-0.3, -0.25) is 9.36 Å². The van der Waals surface area contributed by atoms with E-state index in [0.717, 1.165) is 0 Å². The van der Waals surface area contributed by atoms with Crippen molar-refractivity contribution < 1.29 is 19.4 Å². The molecule has 2 N–H and O–H groups in total. The minimum Gasteiger partial charge on any atom is -0.507 e. The summed E-state index contributed by atoms with van der Waals surface area (Å²) in [6, 6.07) is 13.3. The number of nitrogens with one attached hydrogen (secondary N) is 1. The minimum absolute atomic E-state index is 0.0979. The molecule has 8 nitrogen and oxygen atoms in total. The highest BCUT2D eigenvalue weighted by atomic mass is 32.2. The number of esters is 1. The fourth-order valence-corrected chi connectivity index (χ4v) is 3.53. The van der Waals surface area contributed by atoms with E-state index in [-0.39, 0.29) is 17.4 Å². The first kappa shape index (κ1) is 22.1. The number of phenolic OH excluding ortho intramolecular Hbond substituents is 1. The monoisotopic (exact) mass is 438 g/mol. The third-order valence-electron chi connectivity index (χ3n) is 4.19. The van der Waals surface area contributed by atoms with E-state index in [1.165, 1.54) is 11.8 Å². The predicted molar refractivity (Wildman–Crippen MR) is 119 cm³/mol. The molecular formula is C22H22N4O4S. The molecule has 31 heavy (non-hydrogen) atoms. The zero-order valence-electron chi connectivity index (χ0n) is 16.9. The maximum Gasteiger partial charge on any atom is 0.338 e. The lowest BCUT2D eigenvalue weighted by Crippen LogP contribution is -2.15. The lowest BCUT2D eigenvalue weighted by atomic mass is 10.2. The van der Waals surface area contributed by atoms with Crippen LogP contribution >= 0.6 is 11.8 Å². The number of aromatic hydroxyl groups is 1. The number of hydrogen-bond acceptors (Lipinski definition) is 7. The van der Waals surface area contributed by atoms with Crippen LogP contribution < -0.4 is 5.32 Å². The molecular weight excluding hydrogens is 416 g/mol. The van der Waals surface area contributed by atoms with Crippen LogP contribution in [-0.2, 0) is 16.1 Å². The SMILES string of the molecule is C=CCn1c(SCC(=O)Nc2ccc(C(=O)OCC)cc2)nnc1-c1ccccc1O. The number of benzene rings is 2. The van der Waals surface area contributed by atoms with Crippen molar-refractivity contribution in [2.24, 2.45) is 0 Å². The van der Waals surface area contributed by atoms with Gasteiger partial charge >= 0.3 is 5.97 Å². The summed E-state index contributed by atoms with van der Waals surface area (Å²) in [7, 11) is 0. The number of amides is 1. The predicted octanol–water partition coefficient (Wildman–Crippen LogP) is 3.74. The summed E-state index contributed by atoms with van der Waals surface area (Å²) >= 11 is 1.22. The highest BCUT2D eigenvalue weighted by Crippen LogP contribution is 2.30. The van der Waals surface area contributed by atoms with Crippen molar-refractivity contribution in [2.45, 2.75) is 18.6 Å². The number of para-hydroxylation sites is 1. The van der Waals surface area contributed by atoms with E-state index in [1.807, 2.05) is 0 Å². The van der Waals surface area contributed by atoms with Crippen LogP contribution in [0.25, 0.3) is 11.4 Å². The van der Waals surface area contributed by atoms with Crippen LogP contribution in [0, 0.1) is 0 Å². The zero-order valence-corrected chi connectivity index (χ0v) is 17.8. The van der Waals surface area contributed by atoms with Crippen LogP contribution in [0.15, 0.2) is 66.3 Å². The first-order chi connectivity index (χ1) is 15.0. The number of rotatable bonds is 9. The van der Waals surface area contributed by atoms with Crippen LogP contribution in [0.1, 0.15) is 17.3 Å². The van der Waals surface area contributed by atoms with Crippen LogP contribution in [0.4, 0.5) is 5.69 Å². The number of carbonyl (C=O) groups is 2. The topological polar surface area (TPSA) is 106 Å². The molecule has 2 aromatic carbocycles. The Morgan fingerprint density at radius 2 is 1.94 bits per heavy atom. The Kier molecular flexibility index (Phi) is 7.45. The van der Waals surface area contributed by atoms with Gasteiger partial charge in [-0.25, -0.2) is 4.79 Å². The van der Waals surface area contributed by atoms with Crippen molar-refractivity contribution in [3.05, 3.63) is 66.7 Å². The van der Waals surface area contributed by atoms with E-state index in [2.05, 4.69) is 22.1 Å². The fourth-order valence-electron chi connectivity index (χ4n) is 2.78. The lowest BCUT2D eigenvalue weighted by molar-refractivity contribution is -0.113. The molecule has 0 aliphatic carbocycles. The van der Waals surface area contributed by atoms with Gasteiger partial charge in [0.05, 0.1) is 23.5 Å². The molecule has 0 fully saturated rings. The molecule has 160 valence electrons. The second-order valence-corrected chi connectivity index (χ2v) is 7.30. The molecule has 0 spiro atoms. The van der Waals surface area contributed by atoms with Gasteiger partial charge in [0.15, 0.2) is 11.0 Å². The average Bonchev–Trinajstić information content (AvgIpc) is 3.16. The highest BCUT2D eigenvalue weighted by Gasteiger charge is 2.17. The maximum absolute atomic E-state index is 12.4. The number of ether oxygens (including phenoxy) is 1.